The number of rotatable bonds is 6. The van der Waals surface area contributed by atoms with Crippen molar-refractivity contribution in [2.45, 2.75) is 25.6 Å². The molecule has 0 aromatic heterocycles. The van der Waals surface area contributed by atoms with Gasteiger partial charge in [0.2, 0.25) is 0 Å². The largest absolute Gasteiger partial charge is 0.469 e. The van der Waals surface area contributed by atoms with Crippen molar-refractivity contribution < 1.29 is 27.1 Å². The molecule has 0 bridgehead atoms. The van der Waals surface area contributed by atoms with Gasteiger partial charge >= 0.3 is 12.1 Å². The van der Waals surface area contributed by atoms with Crippen molar-refractivity contribution in [2.75, 3.05) is 13.7 Å². The average Bonchev–Trinajstić information content (AvgIpc) is 2.38. The zero-order valence-electron chi connectivity index (χ0n) is 10.9. The van der Waals surface area contributed by atoms with Gasteiger partial charge in [-0.05, 0) is 30.7 Å². The predicted molar refractivity (Wildman–Crippen MR) is 64.4 cm³/mol. The first-order chi connectivity index (χ1) is 9.34. The molecule has 0 saturated carbocycles. The highest BCUT2D eigenvalue weighted by atomic mass is 19.4. The van der Waals surface area contributed by atoms with Gasteiger partial charge in [-0.25, -0.2) is 4.39 Å². The zero-order chi connectivity index (χ0) is 15.2. The number of nitrogens with one attached hydrogen (secondary N) is 1. The molecule has 0 radical (unpaired) electrons. The molecule has 0 heterocycles. The molecule has 1 aromatic rings. The summed E-state index contributed by atoms with van der Waals surface area (Å²) in [5.74, 6) is -1.63. The molecule has 0 amide bonds. The van der Waals surface area contributed by atoms with Gasteiger partial charge in [-0.3, -0.25) is 4.79 Å². The maximum Gasteiger partial charge on any atom is 0.419 e. The van der Waals surface area contributed by atoms with Gasteiger partial charge in [-0.2, -0.15) is 13.2 Å². The number of carbonyl (C=O) groups excluding carboxylic acids is 1. The summed E-state index contributed by atoms with van der Waals surface area (Å²) in [6, 6.07) is 2.87. The van der Waals surface area contributed by atoms with Crippen molar-refractivity contribution >= 4 is 5.97 Å². The van der Waals surface area contributed by atoms with Crippen LogP contribution in [0.3, 0.4) is 0 Å². The normalized spacial score (nSPS) is 11.4. The highest BCUT2D eigenvalue weighted by Crippen LogP contribution is 2.31. The highest BCUT2D eigenvalue weighted by Gasteiger charge is 2.34. The van der Waals surface area contributed by atoms with Crippen molar-refractivity contribution in [3.63, 3.8) is 0 Å². The molecule has 1 aromatic carbocycles. The Kier molecular flexibility index (Phi) is 5.94. The fraction of sp³-hybridized carbons (Fsp3) is 0.462. The molecule has 112 valence electrons. The first-order valence-electron chi connectivity index (χ1n) is 5.97. The SMILES string of the molecule is COC(=O)CCCNCc1ccc(F)c(C(F)(F)F)c1. The molecule has 0 aliphatic heterocycles. The number of hydrogen-bond donors (Lipinski definition) is 1. The van der Waals surface area contributed by atoms with Gasteiger partial charge in [0.05, 0.1) is 12.7 Å². The van der Waals surface area contributed by atoms with E-state index in [4.69, 9.17) is 0 Å². The minimum absolute atomic E-state index is 0.171. The van der Waals surface area contributed by atoms with Crippen molar-refractivity contribution in [1.29, 1.82) is 0 Å². The third-order valence-corrected chi connectivity index (χ3v) is 2.63. The summed E-state index contributed by atoms with van der Waals surface area (Å²) < 4.78 is 55.0. The van der Waals surface area contributed by atoms with E-state index in [2.05, 4.69) is 10.1 Å². The van der Waals surface area contributed by atoms with Crippen LogP contribution in [0, 0.1) is 5.82 Å². The van der Waals surface area contributed by atoms with Gasteiger partial charge in [0, 0.05) is 13.0 Å². The Balaban J connectivity index is 2.47. The van der Waals surface area contributed by atoms with E-state index in [9.17, 15) is 22.4 Å². The van der Waals surface area contributed by atoms with E-state index in [1.807, 2.05) is 0 Å². The Morgan fingerprint density at radius 1 is 1.35 bits per heavy atom. The van der Waals surface area contributed by atoms with E-state index in [1.165, 1.54) is 13.2 Å². The number of carbonyl (C=O) groups is 1. The predicted octanol–water partition coefficient (Wildman–Crippen LogP) is 2.89. The lowest BCUT2D eigenvalue weighted by Crippen LogP contribution is -2.17. The number of alkyl halides is 3. The minimum Gasteiger partial charge on any atom is -0.469 e. The maximum absolute atomic E-state index is 13.0. The van der Waals surface area contributed by atoms with Crippen molar-refractivity contribution in [2.24, 2.45) is 0 Å². The Morgan fingerprint density at radius 2 is 2.05 bits per heavy atom. The summed E-state index contributed by atoms with van der Waals surface area (Å²) in [6.07, 6.45) is -3.95. The Morgan fingerprint density at radius 3 is 2.65 bits per heavy atom. The first-order valence-corrected chi connectivity index (χ1v) is 5.97. The monoisotopic (exact) mass is 293 g/mol. The van der Waals surface area contributed by atoms with Gasteiger partial charge in [-0.1, -0.05) is 6.07 Å². The lowest BCUT2D eigenvalue weighted by atomic mass is 10.1. The summed E-state index contributed by atoms with van der Waals surface area (Å²) in [5.41, 5.74) is -0.942. The zero-order valence-corrected chi connectivity index (χ0v) is 10.9. The second kappa shape index (κ2) is 7.23. The number of esters is 1. The molecule has 3 nitrogen and oxygen atoms in total. The first kappa shape index (κ1) is 16.4. The van der Waals surface area contributed by atoms with Gasteiger partial charge in [0.15, 0.2) is 0 Å². The molecular weight excluding hydrogens is 278 g/mol. The molecule has 0 aliphatic carbocycles. The second-order valence-corrected chi connectivity index (χ2v) is 4.17. The topological polar surface area (TPSA) is 38.3 Å². The van der Waals surface area contributed by atoms with E-state index in [-0.39, 0.29) is 18.9 Å². The van der Waals surface area contributed by atoms with Crippen LogP contribution < -0.4 is 5.32 Å². The molecule has 0 fully saturated rings. The van der Waals surface area contributed by atoms with E-state index >= 15 is 0 Å². The maximum atomic E-state index is 13.0. The second-order valence-electron chi connectivity index (χ2n) is 4.17. The summed E-state index contributed by atoms with van der Waals surface area (Å²) in [4.78, 5) is 10.8. The summed E-state index contributed by atoms with van der Waals surface area (Å²) >= 11 is 0. The molecule has 0 aliphatic rings. The van der Waals surface area contributed by atoms with E-state index < -0.39 is 17.6 Å². The Hall–Kier alpha value is -1.63. The van der Waals surface area contributed by atoms with E-state index in [0.717, 1.165) is 12.1 Å². The molecule has 0 saturated heterocycles. The van der Waals surface area contributed by atoms with Gasteiger partial charge < -0.3 is 10.1 Å². The van der Waals surface area contributed by atoms with Crippen LogP contribution in [0.1, 0.15) is 24.0 Å². The van der Waals surface area contributed by atoms with Crippen LogP contribution in [0.4, 0.5) is 17.6 Å². The van der Waals surface area contributed by atoms with Crippen LogP contribution in [0.5, 0.6) is 0 Å². The van der Waals surface area contributed by atoms with Gasteiger partial charge in [-0.15, -0.1) is 0 Å². The molecular formula is C13H15F4NO2. The lowest BCUT2D eigenvalue weighted by Gasteiger charge is -2.10. The van der Waals surface area contributed by atoms with Crippen LogP contribution in [-0.2, 0) is 22.3 Å². The molecule has 1 N–H and O–H groups in total. The number of hydrogen-bond acceptors (Lipinski definition) is 3. The van der Waals surface area contributed by atoms with Crippen molar-refractivity contribution in [3.8, 4) is 0 Å². The third kappa shape index (κ3) is 5.16. The number of ether oxygens (including phenoxy) is 1. The third-order valence-electron chi connectivity index (χ3n) is 2.63. The van der Waals surface area contributed by atoms with Crippen molar-refractivity contribution in [1.82, 2.24) is 5.32 Å². The van der Waals surface area contributed by atoms with Crippen molar-refractivity contribution in [3.05, 3.63) is 35.1 Å². The van der Waals surface area contributed by atoms with Gasteiger partial charge in [0.1, 0.15) is 5.82 Å². The average molecular weight is 293 g/mol. The van der Waals surface area contributed by atoms with Crippen LogP contribution >= 0.6 is 0 Å². The minimum atomic E-state index is -4.70. The molecule has 0 spiro atoms. The van der Waals surface area contributed by atoms with Gasteiger partial charge in [0.25, 0.3) is 0 Å². The van der Waals surface area contributed by atoms with E-state index in [1.54, 1.807) is 0 Å². The molecule has 0 atom stereocenters. The number of benzene rings is 1. The van der Waals surface area contributed by atoms with Crippen LogP contribution in [0.2, 0.25) is 0 Å². The van der Waals surface area contributed by atoms with E-state index in [0.29, 0.717) is 18.5 Å². The fourth-order valence-electron chi connectivity index (χ4n) is 1.59. The fourth-order valence-corrected chi connectivity index (χ4v) is 1.59. The van der Waals surface area contributed by atoms with Crippen LogP contribution in [-0.4, -0.2) is 19.6 Å². The Labute approximate surface area is 113 Å². The number of halogens is 4. The van der Waals surface area contributed by atoms with Crippen LogP contribution in [0.15, 0.2) is 18.2 Å². The lowest BCUT2D eigenvalue weighted by molar-refractivity contribution is -0.141. The summed E-state index contributed by atoms with van der Waals surface area (Å²) in [5, 5.41) is 2.88. The number of methoxy groups -OCH3 is 1. The molecule has 0 unspecified atom stereocenters. The van der Waals surface area contributed by atoms with Crippen LogP contribution in [0.25, 0.3) is 0 Å². The Bertz CT molecular complexity index is 460. The molecule has 20 heavy (non-hydrogen) atoms. The quantitative estimate of drug-likeness (QED) is 0.498. The standard InChI is InChI=1S/C13H15F4NO2/c1-20-12(19)3-2-6-18-8-9-4-5-11(14)10(7-9)13(15,16)17/h4-5,7,18H,2-3,6,8H2,1H3. The summed E-state index contributed by atoms with van der Waals surface area (Å²) in [6.45, 7) is 0.623. The molecule has 1 rings (SSSR count). The highest BCUT2D eigenvalue weighted by molar-refractivity contribution is 5.69. The summed E-state index contributed by atoms with van der Waals surface area (Å²) in [7, 11) is 1.28. The smallest absolute Gasteiger partial charge is 0.419 e. The molecule has 7 heteroatoms.